The summed E-state index contributed by atoms with van der Waals surface area (Å²) < 4.78 is 0. The average Bonchev–Trinajstić information content (AvgIpc) is 2.47. The molecule has 0 atom stereocenters. The number of nitrogens with zero attached hydrogens (tertiary/aromatic N) is 1. The molecule has 3 rings (SSSR count). The van der Waals surface area contributed by atoms with E-state index >= 15 is 0 Å². The molecule has 2 N–H and O–H groups in total. The van der Waals surface area contributed by atoms with E-state index in [4.69, 9.17) is 5.73 Å². The van der Waals surface area contributed by atoms with Gasteiger partial charge in [-0.3, -0.25) is 9.78 Å². The molecule has 0 bridgehead atoms. The van der Waals surface area contributed by atoms with Crippen LogP contribution in [0.15, 0.2) is 60.9 Å². The van der Waals surface area contributed by atoms with E-state index in [1.807, 2.05) is 48.5 Å². The number of anilines is 1. The number of hydrogen-bond donors (Lipinski definition) is 1. The summed E-state index contributed by atoms with van der Waals surface area (Å²) in [4.78, 5) is 16.4. The summed E-state index contributed by atoms with van der Waals surface area (Å²) >= 11 is 0. The van der Waals surface area contributed by atoms with Crippen LogP contribution >= 0.6 is 0 Å². The first-order valence-corrected chi connectivity index (χ1v) is 6.44. The number of benzene rings is 2. The van der Waals surface area contributed by atoms with Gasteiger partial charge in [0.05, 0.1) is 0 Å². The molecule has 0 spiro atoms. The lowest BCUT2D eigenvalue weighted by molar-refractivity contribution is 0.0994. The minimum atomic E-state index is 0.0150. The number of Topliss-reactive ketones (excluding diaryl/α,β-unsaturated/α-hetero) is 1. The molecule has 1 heterocycles. The fourth-order valence-corrected chi connectivity index (χ4v) is 2.28. The number of rotatable bonds is 3. The Balaban J connectivity index is 1.97. The SMILES string of the molecule is Nc1cc2ccccc2cc1C(=O)Cc1cccnc1. The molecular weight excluding hydrogens is 248 g/mol. The van der Waals surface area contributed by atoms with Gasteiger partial charge in [0, 0.05) is 30.1 Å². The molecule has 0 aliphatic carbocycles. The van der Waals surface area contributed by atoms with Crippen molar-refractivity contribution in [3.8, 4) is 0 Å². The van der Waals surface area contributed by atoms with Crippen LogP contribution in [0.5, 0.6) is 0 Å². The van der Waals surface area contributed by atoms with E-state index in [1.54, 1.807) is 12.4 Å². The van der Waals surface area contributed by atoms with E-state index in [0.717, 1.165) is 16.3 Å². The zero-order chi connectivity index (χ0) is 13.9. The molecule has 0 saturated heterocycles. The van der Waals surface area contributed by atoms with Gasteiger partial charge in [-0.05, 0) is 34.5 Å². The Labute approximate surface area is 117 Å². The van der Waals surface area contributed by atoms with Crippen molar-refractivity contribution in [2.45, 2.75) is 6.42 Å². The highest BCUT2D eigenvalue weighted by atomic mass is 16.1. The van der Waals surface area contributed by atoms with E-state index < -0.39 is 0 Å². The van der Waals surface area contributed by atoms with Gasteiger partial charge in [0.25, 0.3) is 0 Å². The lowest BCUT2D eigenvalue weighted by Gasteiger charge is -2.07. The predicted molar refractivity (Wildman–Crippen MR) is 80.6 cm³/mol. The highest BCUT2D eigenvalue weighted by molar-refractivity contribution is 6.05. The van der Waals surface area contributed by atoms with Crippen molar-refractivity contribution >= 4 is 22.2 Å². The zero-order valence-corrected chi connectivity index (χ0v) is 10.9. The highest BCUT2D eigenvalue weighted by Gasteiger charge is 2.11. The van der Waals surface area contributed by atoms with Gasteiger partial charge in [0.2, 0.25) is 0 Å². The van der Waals surface area contributed by atoms with Crippen LogP contribution in [-0.4, -0.2) is 10.8 Å². The number of hydrogen-bond acceptors (Lipinski definition) is 3. The number of aromatic nitrogens is 1. The fourth-order valence-electron chi connectivity index (χ4n) is 2.28. The third-order valence-corrected chi connectivity index (χ3v) is 3.31. The van der Waals surface area contributed by atoms with E-state index in [2.05, 4.69) is 4.98 Å². The minimum Gasteiger partial charge on any atom is -0.398 e. The molecule has 0 unspecified atom stereocenters. The summed E-state index contributed by atoms with van der Waals surface area (Å²) in [5.41, 5.74) is 8.00. The van der Waals surface area contributed by atoms with Gasteiger partial charge in [0.1, 0.15) is 0 Å². The molecule has 3 nitrogen and oxygen atoms in total. The smallest absolute Gasteiger partial charge is 0.169 e. The summed E-state index contributed by atoms with van der Waals surface area (Å²) in [5, 5.41) is 2.07. The summed E-state index contributed by atoms with van der Waals surface area (Å²) in [6.07, 6.45) is 3.71. The first-order valence-electron chi connectivity index (χ1n) is 6.44. The van der Waals surface area contributed by atoms with Crippen molar-refractivity contribution in [3.63, 3.8) is 0 Å². The summed E-state index contributed by atoms with van der Waals surface area (Å²) in [6.45, 7) is 0. The molecule has 3 aromatic rings. The van der Waals surface area contributed by atoms with Crippen molar-refractivity contribution in [2.75, 3.05) is 5.73 Å². The largest absolute Gasteiger partial charge is 0.398 e. The number of nitrogen functional groups attached to an aromatic ring is 1. The molecule has 0 aliphatic heterocycles. The Morgan fingerprint density at radius 1 is 1.05 bits per heavy atom. The number of nitrogens with two attached hydrogens (primary N) is 1. The van der Waals surface area contributed by atoms with E-state index in [-0.39, 0.29) is 5.78 Å². The second-order valence-corrected chi connectivity index (χ2v) is 4.75. The minimum absolute atomic E-state index is 0.0150. The van der Waals surface area contributed by atoms with Crippen LogP contribution in [0.1, 0.15) is 15.9 Å². The van der Waals surface area contributed by atoms with Crippen molar-refractivity contribution in [1.29, 1.82) is 0 Å². The lowest BCUT2D eigenvalue weighted by Crippen LogP contribution is -2.07. The van der Waals surface area contributed by atoms with Gasteiger partial charge < -0.3 is 5.73 Å². The summed E-state index contributed by atoms with van der Waals surface area (Å²) in [7, 11) is 0. The predicted octanol–water partition coefficient (Wildman–Crippen LogP) is 3.24. The molecule has 0 fully saturated rings. The Morgan fingerprint density at radius 2 is 1.80 bits per heavy atom. The first-order chi connectivity index (χ1) is 9.74. The molecule has 1 aromatic heterocycles. The number of carbonyl (C=O) groups excluding carboxylic acids is 1. The first kappa shape index (κ1) is 12.4. The fraction of sp³-hybridized carbons (Fsp3) is 0.0588. The number of pyridine rings is 1. The van der Waals surface area contributed by atoms with Crippen molar-refractivity contribution in [3.05, 3.63) is 72.1 Å². The Kier molecular flexibility index (Phi) is 3.17. The maximum atomic E-state index is 12.4. The quantitative estimate of drug-likeness (QED) is 0.582. The standard InChI is InChI=1S/C17H14N2O/c18-16-10-14-6-2-1-5-13(14)9-15(16)17(20)8-12-4-3-7-19-11-12/h1-7,9-11H,8,18H2. The molecule has 0 radical (unpaired) electrons. The molecule has 0 saturated carbocycles. The number of fused-ring (bicyclic) bond motifs is 1. The van der Waals surface area contributed by atoms with Gasteiger partial charge in [-0.1, -0.05) is 30.3 Å². The average molecular weight is 262 g/mol. The van der Waals surface area contributed by atoms with E-state index in [9.17, 15) is 4.79 Å². The van der Waals surface area contributed by atoms with Crippen molar-refractivity contribution in [1.82, 2.24) is 4.98 Å². The van der Waals surface area contributed by atoms with Gasteiger partial charge in [-0.15, -0.1) is 0 Å². The van der Waals surface area contributed by atoms with E-state index in [0.29, 0.717) is 17.7 Å². The Hall–Kier alpha value is -2.68. The number of ketones is 1. The van der Waals surface area contributed by atoms with E-state index in [1.165, 1.54) is 0 Å². The summed E-state index contributed by atoms with van der Waals surface area (Å²) in [5.74, 6) is 0.0150. The second-order valence-electron chi connectivity index (χ2n) is 4.75. The molecule has 3 heteroatoms. The van der Waals surface area contributed by atoms with Crippen LogP contribution in [0.4, 0.5) is 5.69 Å². The summed E-state index contributed by atoms with van der Waals surface area (Å²) in [6, 6.07) is 15.3. The molecular formula is C17H14N2O. The van der Waals surface area contributed by atoms with Gasteiger partial charge in [0.15, 0.2) is 5.78 Å². The lowest BCUT2D eigenvalue weighted by atomic mass is 9.99. The third-order valence-electron chi connectivity index (χ3n) is 3.31. The maximum Gasteiger partial charge on any atom is 0.169 e. The molecule has 0 aliphatic rings. The topological polar surface area (TPSA) is 56.0 Å². The normalized spacial score (nSPS) is 10.6. The monoisotopic (exact) mass is 262 g/mol. The van der Waals surface area contributed by atoms with Gasteiger partial charge >= 0.3 is 0 Å². The Bertz CT molecular complexity index is 766. The van der Waals surface area contributed by atoms with Crippen molar-refractivity contribution < 1.29 is 4.79 Å². The van der Waals surface area contributed by atoms with Crippen LogP contribution in [-0.2, 0) is 6.42 Å². The molecule has 2 aromatic carbocycles. The second kappa shape index (κ2) is 5.13. The molecule has 0 amide bonds. The van der Waals surface area contributed by atoms with Crippen molar-refractivity contribution in [2.24, 2.45) is 0 Å². The highest BCUT2D eigenvalue weighted by Crippen LogP contribution is 2.23. The molecule has 20 heavy (non-hydrogen) atoms. The van der Waals surface area contributed by atoms with Crippen LogP contribution in [0, 0.1) is 0 Å². The van der Waals surface area contributed by atoms with Crippen LogP contribution < -0.4 is 5.73 Å². The molecule has 98 valence electrons. The van der Waals surface area contributed by atoms with Crippen LogP contribution in [0.2, 0.25) is 0 Å². The number of carbonyl (C=O) groups is 1. The van der Waals surface area contributed by atoms with Gasteiger partial charge in [-0.2, -0.15) is 0 Å². The van der Waals surface area contributed by atoms with Crippen LogP contribution in [0.3, 0.4) is 0 Å². The van der Waals surface area contributed by atoms with Gasteiger partial charge in [-0.25, -0.2) is 0 Å². The third kappa shape index (κ3) is 2.38. The maximum absolute atomic E-state index is 12.4. The Morgan fingerprint density at radius 3 is 2.50 bits per heavy atom. The zero-order valence-electron chi connectivity index (χ0n) is 10.9. The van der Waals surface area contributed by atoms with Crippen LogP contribution in [0.25, 0.3) is 10.8 Å².